The van der Waals surface area contributed by atoms with Gasteiger partial charge in [-0.3, -0.25) is 4.79 Å². The molecule has 1 saturated carbocycles. The van der Waals surface area contributed by atoms with Crippen molar-refractivity contribution in [2.75, 3.05) is 12.3 Å². The average molecular weight is 464 g/mol. The lowest BCUT2D eigenvalue weighted by Crippen LogP contribution is -2.32. The molecule has 2 aromatic rings. The Balaban J connectivity index is 1.47. The fraction of sp³-hybridized carbons (Fsp3) is 0.435. The van der Waals surface area contributed by atoms with Gasteiger partial charge in [0.1, 0.15) is 0 Å². The minimum Gasteiger partial charge on any atom is -0.355 e. The molecule has 0 saturated heterocycles. The molecular formula is C23H30ClN3O3S. The number of primary sulfonamides is 1. The molecule has 3 atom stereocenters. The van der Waals surface area contributed by atoms with Gasteiger partial charge >= 0.3 is 0 Å². The normalized spacial score (nSPS) is 19.8. The maximum absolute atomic E-state index is 12.0. The summed E-state index contributed by atoms with van der Waals surface area (Å²) >= 11 is 6.11. The SMILES string of the molecule is C[C@@H](N[C@H]1CC[C@@H](c2ccc(CC(=O)NCCS(N)(=O)=O)cc2)C1)c1cccc(Cl)c1. The van der Waals surface area contributed by atoms with E-state index in [-0.39, 0.29) is 30.7 Å². The molecule has 0 unspecified atom stereocenters. The summed E-state index contributed by atoms with van der Waals surface area (Å²) in [6, 6.07) is 16.8. The zero-order chi connectivity index (χ0) is 22.4. The Labute approximate surface area is 189 Å². The van der Waals surface area contributed by atoms with Crippen LogP contribution < -0.4 is 15.8 Å². The molecule has 1 fully saturated rings. The molecule has 1 amide bonds. The van der Waals surface area contributed by atoms with Crippen molar-refractivity contribution in [1.29, 1.82) is 0 Å². The highest BCUT2D eigenvalue weighted by Gasteiger charge is 2.27. The number of amides is 1. The number of hydrogen-bond donors (Lipinski definition) is 3. The fourth-order valence-corrected chi connectivity index (χ4v) is 4.73. The van der Waals surface area contributed by atoms with Gasteiger partial charge in [-0.1, -0.05) is 48.0 Å². The van der Waals surface area contributed by atoms with E-state index in [4.69, 9.17) is 16.7 Å². The number of rotatable bonds is 9. The van der Waals surface area contributed by atoms with Gasteiger partial charge < -0.3 is 10.6 Å². The summed E-state index contributed by atoms with van der Waals surface area (Å²) in [5.41, 5.74) is 3.39. The van der Waals surface area contributed by atoms with E-state index in [0.29, 0.717) is 12.0 Å². The highest BCUT2D eigenvalue weighted by Crippen LogP contribution is 2.35. The van der Waals surface area contributed by atoms with Gasteiger partial charge in [-0.25, -0.2) is 13.6 Å². The van der Waals surface area contributed by atoms with Crippen molar-refractivity contribution in [3.05, 3.63) is 70.2 Å². The van der Waals surface area contributed by atoms with Crippen molar-refractivity contribution in [3.63, 3.8) is 0 Å². The first kappa shape index (κ1) is 23.7. The summed E-state index contributed by atoms with van der Waals surface area (Å²) in [6.45, 7) is 2.20. The van der Waals surface area contributed by atoms with E-state index in [1.54, 1.807) is 0 Å². The maximum atomic E-state index is 12.0. The molecule has 0 aromatic heterocycles. The Kier molecular flexibility index (Phi) is 8.11. The molecule has 2 aromatic carbocycles. The van der Waals surface area contributed by atoms with Crippen LogP contribution >= 0.6 is 11.6 Å². The Morgan fingerprint density at radius 3 is 2.61 bits per heavy atom. The third kappa shape index (κ3) is 7.61. The van der Waals surface area contributed by atoms with Gasteiger partial charge in [-0.05, 0) is 60.9 Å². The van der Waals surface area contributed by atoms with E-state index in [0.717, 1.165) is 29.8 Å². The Morgan fingerprint density at radius 1 is 1.19 bits per heavy atom. The van der Waals surface area contributed by atoms with Crippen LogP contribution in [0.25, 0.3) is 0 Å². The third-order valence-corrected chi connectivity index (χ3v) is 6.80. The second-order valence-electron chi connectivity index (χ2n) is 8.29. The van der Waals surface area contributed by atoms with Gasteiger partial charge in [-0.15, -0.1) is 0 Å². The highest BCUT2D eigenvalue weighted by molar-refractivity contribution is 7.89. The van der Waals surface area contributed by atoms with Crippen molar-refractivity contribution < 1.29 is 13.2 Å². The van der Waals surface area contributed by atoms with Crippen molar-refractivity contribution in [2.24, 2.45) is 5.14 Å². The minimum atomic E-state index is -3.56. The second-order valence-corrected chi connectivity index (χ2v) is 10.5. The summed E-state index contributed by atoms with van der Waals surface area (Å²) in [7, 11) is -3.56. The number of nitrogens with one attached hydrogen (secondary N) is 2. The zero-order valence-corrected chi connectivity index (χ0v) is 19.3. The van der Waals surface area contributed by atoms with Crippen molar-refractivity contribution in [1.82, 2.24) is 10.6 Å². The lowest BCUT2D eigenvalue weighted by atomic mass is 9.95. The number of nitrogens with two attached hydrogens (primary N) is 1. The largest absolute Gasteiger partial charge is 0.355 e. The quantitative estimate of drug-likeness (QED) is 0.531. The monoisotopic (exact) mass is 463 g/mol. The van der Waals surface area contributed by atoms with Crippen LogP contribution in [0.4, 0.5) is 0 Å². The van der Waals surface area contributed by atoms with Crippen LogP contribution in [0.2, 0.25) is 5.02 Å². The van der Waals surface area contributed by atoms with Crippen LogP contribution in [0, 0.1) is 0 Å². The summed E-state index contributed by atoms with van der Waals surface area (Å²) in [5, 5.41) is 12.0. The molecule has 168 valence electrons. The van der Waals surface area contributed by atoms with E-state index < -0.39 is 10.0 Å². The summed E-state index contributed by atoms with van der Waals surface area (Å²) in [5.74, 6) is 0.0306. The molecule has 4 N–H and O–H groups in total. The zero-order valence-electron chi connectivity index (χ0n) is 17.7. The van der Waals surface area contributed by atoms with Gasteiger partial charge in [0.15, 0.2) is 0 Å². The molecule has 6 nitrogen and oxygen atoms in total. The molecule has 0 aliphatic heterocycles. The number of hydrogen-bond acceptors (Lipinski definition) is 4. The molecule has 1 aliphatic rings. The maximum Gasteiger partial charge on any atom is 0.224 e. The van der Waals surface area contributed by atoms with Gasteiger partial charge in [0.25, 0.3) is 0 Å². The number of halogens is 1. The molecule has 0 bridgehead atoms. The molecule has 1 aliphatic carbocycles. The van der Waals surface area contributed by atoms with Crippen molar-refractivity contribution >= 4 is 27.5 Å². The molecule has 0 spiro atoms. The molecule has 31 heavy (non-hydrogen) atoms. The molecular weight excluding hydrogens is 434 g/mol. The predicted molar refractivity (Wildman–Crippen MR) is 125 cm³/mol. The predicted octanol–water partition coefficient (Wildman–Crippen LogP) is 3.27. The number of benzene rings is 2. The van der Waals surface area contributed by atoms with E-state index in [9.17, 15) is 13.2 Å². The summed E-state index contributed by atoms with van der Waals surface area (Å²) < 4.78 is 21.8. The van der Waals surface area contributed by atoms with Crippen molar-refractivity contribution in [2.45, 2.75) is 50.6 Å². The fourth-order valence-electron chi connectivity index (χ4n) is 4.15. The number of sulfonamides is 1. The molecule has 0 radical (unpaired) electrons. The van der Waals surface area contributed by atoms with Crippen LogP contribution in [0.1, 0.15) is 54.8 Å². The first-order valence-corrected chi connectivity index (χ1v) is 12.7. The smallest absolute Gasteiger partial charge is 0.224 e. The Morgan fingerprint density at radius 2 is 1.94 bits per heavy atom. The van der Waals surface area contributed by atoms with Gasteiger partial charge in [0.05, 0.1) is 12.2 Å². The Bertz CT molecular complexity index is 995. The second kappa shape index (κ2) is 10.6. The standard InChI is InChI=1S/C23H30ClN3O3S/c1-16(19-3-2-4-21(24)14-19)27-22-10-9-20(15-22)18-7-5-17(6-8-18)13-23(28)26-11-12-31(25,29)30/h2-8,14,16,20,22,27H,9-13,15H2,1H3,(H,26,28)(H2,25,29,30)/t16-,20-,22+/m1/s1. The van der Waals surface area contributed by atoms with E-state index in [1.807, 2.05) is 30.3 Å². The van der Waals surface area contributed by atoms with Gasteiger partial charge in [-0.2, -0.15) is 0 Å². The van der Waals surface area contributed by atoms with Crippen LogP contribution in [0.3, 0.4) is 0 Å². The van der Waals surface area contributed by atoms with Crippen LogP contribution in [0.5, 0.6) is 0 Å². The van der Waals surface area contributed by atoms with E-state index in [1.165, 1.54) is 11.1 Å². The number of carbonyl (C=O) groups is 1. The molecule has 3 rings (SSSR count). The first-order valence-electron chi connectivity index (χ1n) is 10.6. The Hall–Kier alpha value is -1.93. The topological polar surface area (TPSA) is 101 Å². The van der Waals surface area contributed by atoms with E-state index >= 15 is 0 Å². The number of carbonyl (C=O) groups excluding carboxylic acids is 1. The summed E-state index contributed by atoms with van der Waals surface area (Å²) in [6.07, 6.45) is 3.56. The highest BCUT2D eigenvalue weighted by atomic mass is 35.5. The van der Waals surface area contributed by atoms with Crippen LogP contribution in [-0.2, 0) is 21.2 Å². The third-order valence-electron chi connectivity index (χ3n) is 5.79. The molecule has 8 heteroatoms. The average Bonchev–Trinajstić information content (AvgIpc) is 3.16. The van der Waals surface area contributed by atoms with E-state index in [2.05, 4.69) is 35.8 Å². The van der Waals surface area contributed by atoms with Crippen LogP contribution in [-0.4, -0.2) is 32.7 Å². The van der Waals surface area contributed by atoms with Gasteiger partial charge in [0.2, 0.25) is 15.9 Å². The summed E-state index contributed by atoms with van der Waals surface area (Å²) in [4.78, 5) is 12.0. The van der Waals surface area contributed by atoms with Crippen LogP contribution in [0.15, 0.2) is 48.5 Å². The lowest BCUT2D eigenvalue weighted by Gasteiger charge is -2.20. The first-order chi connectivity index (χ1) is 14.7. The van der Waals surface area contributed by atoms with Crippen molar-refractivity contribution in [3.8, 4) is 0 Å². The lowest BCUT2D eigenvalue weighted by molar-refractivity contribution is -0.120. The minimum absolute atomic E-state index is 0.0276. The molecule has 0 heterocycles. The van der Waals surface area contributed by atoms with Gasteiger partial charge in [0, 0.05) is 23.7 Å².